The van der Waals surface area contributed by atoms with Crippen molar-refractivity contribution in [2.45, 2.75) is 51.6 Å². The van der Waals surface area contributed by atoms with Crippen molar-refractivity contribution in [3.8, 4) is 5.75 Å². The van der Waals surface area contributed by atoms with E-state index in [0.717, 1.165) is 25.0 Å². The Morgan fingerprint density at radius 2 is 1.90 bits per heavy atom. The molecule has 5 heteroatoms. The number of aliphatic hydroxyl groups is 1. The maximum atomic E-state index is 13.1. The fourth-order valence-electron chi connectivity index (χ4n) is 2.33. The van der Waals surface area contributed by atoms with E-state index in [1.54, 1.807) is 0 Å². The minimum Gasteiger partial charge on any atom is -0.506 e. The highest BCUT2D eigenvalue weighted by Gasteiger charge is 2.28. The summed E-state index contributed by atoms with van der Waals surface area (Å²) in [5.41, 5.74) is -1.03. The molecule has 0 heterocycles. The highest BCUT2D eigenvalue weighted by Crippen LogP contribution is 2.27. The molecule has 0 saturated heterocycles. The minimum absolute atomic E-state index is 0.0188. The molecular weight excluding hydrogens is 261 g/mol. The number of anilines is 1. The van der Waals surface area contributed by atoms with Gasteiger partial charge in [-0.3, -0.25) is 4.79 Å². The van der Waals surface area contributed by atoms with E-state index >= 15 is 0 Å². The third-order valence-corrected chi connectivity index (χ3v) is 3.15. The number of nitrogens with one attached hydrogen (secondary N) is 1. The van der Waals surface area contributed by atoms with Crippen LogP contribution in [-0.2, 0) is 4.79 Å². The summed E-state index contributed by atoms with van der Waals surface area (Å²) in [4.78, 5) is 11.9. The van der Waals surface area contributed by atoms with Crippen LogP contribution in [0, 0.1) is 5.82 Å². The zero-order chi connectivity index (χ0) is 15.2. The molecule has 0 bridgehead atoms. The topological polar surface area (TPSA) is 69.6 Å². The highest BCUT2D eigenvalue weighted by molar-refractivity contribution is 5.92. The Kier molecular flexibility index (Phi) is 5.95. The lowest BCUT2D eigenvalue weighted by Crippen LogP contribution is -2.33. The van der Waals surface area contributed by atoms with Crippen molar-refractivity contribution in [3.05, 3.63) is 24.0 Å². The maximum absolute atomic E-state index is 13.1. The maximum Gasteiger partial charge on any atom is 0.227 e. The number of phenols is 1. The monoisotopic (exact) mass is 283 g/mol. The average Bonchev–Trinajstić information content (AvgIpc) is 2.34. The van der Waals surface area contributed by atoms with Crippen LogP contribution < -0.4 is 5.32 Å². The van der Waals surface area contributed by atoms with Gasteiger partial charge in [-0.1, -0.05) is 26.7 Å². The molecule has 4 nitrogen and oxygen atoms in total. The predicted octanol–water partition coefficient (Wildman–Crippen LogP) is 3.19. The summed E-state index contributed by atoms with van der Waals surface area (Å²) in [5, 5.41) is 22.4. The summed E-state index contributed by atoms with van der Waals surface area (Å²) < 4.78 is 13.1. The van der Waals surface area contributed by atoms with E-state index in [2.05, 4.69) is 5.32 Å². The van der Waals surface area contributed by atoms with Crippen LogP contribution in [-0.4, -0.2) is 21.7 Å². The Morgan fingerprint density at radius 3 is 2.45 bits per heavy atom. The fraction of sp³-hybridized carbons (Fsp3) is 0.533. The molecule has 1 amide bonds. The first-order valence-electron chi connectivity index (χ1n) is 6.91. The standard InChI is InChI=1S/C15H22FNO3/c1-3-7-15(20,8-4-2)10-14(19)17-12-9-11(16)5-6-13(12)18/h5-6,9,18,20H,3-4,7-8,10H2,1-2H3,(H,17,19). The molecule has 0 aliphatic heterocycles. The van der Waals surface area contributed by atoms with E-state index in [-0.39, 0.29) is 17.9 Å². The van der Waals surface area contributed by atoms with Crippen LogP contribution in [0.3, 0.4) is 0 Å². The second kappa shape index (κ2) is 7.24. The van der Waals surface area contributed by atoms with Crippen molar-refractivity contribution < 1.29 is 19.4 Å². The van der Waals surface area contributed by atoms with Crippen molar-refractivity contribution in [3.63, 3.8) is 0 Å². The number of hydrogen-bond donors (Lipinski definition) is 3. The normalized spacial score (nSPS) is 11.4. The zero-order valence-corrected chi connectivity index (χ0v) is 11.9. The van der Waals surface area contributed by atoms with Gasteiger partial charge in [0, 0.05) is 6.07 Å². The predicted molar refractivity (Wildman–Crippen MR) is 76.1 cm³/mol. The molecule has 1 rings (SSSR count). The van der Waals surface area contributed by atoms with Gasteiger partial charge in [0.05, 0.1) is 17.7 Å². The molecule has 0 saturated carbocycles. The summed E-state index contributed by atoms with van der Waals surface area (Å²) in [6.45, 7) is 3.88. The van der Waals surface area contributed by atoms with Crippen molar-refractivity contribution in [2.24, 2.45) is 0 Å². The lowest BCUT2D eigenvalue weighted by atomic mass is 9.89. The van der Waals surface area contributed by atoms with Gasteiger partial charge < -0.3 is 15.5 Å². The molecule has 0 aromatic heterocycles. The van der Waals surface area contributed by atoms with Crippen LogP contribution in [0.5, 0.6) is 5.75 Å². The van der Waals surface area contributed by atoms with Gasteiger partial charge in [-0.15, -0.1) is 0 Å². The first-order chi connectivity index (χ1) is 9.40. The zero-order valence-electron chi connectivity index (χ0n) is 11.9. The number of aromatic hydroxyl groups is 1. The molecule has 0 spiro atoms. The number of rotatable bonds is 7. The molecule has 20 heavy (non-hydrogen) atoms. The van der Waals surface area contributed by atoms with Gasteiger partial charge in [0.1, 0.15) is 11.6 Å². The van der Waals surface area contributed by atoms with E-state index in [4.69, 9.17) is 0 Å². The van der Waals surface area contributed by atoms with Crippen LogP contribution in [0.1, 0.15) is 46.0 Å². The molecular formula is C15H22FNO3. The van der Waals surface area contributed by atoms with E-state index in [1.807, 2.05) is 13.8 Å². The molecule has 1 aromatic carbocycles. The van der Waals surface area contributed by atoms with Gasteiger partial charge in [0.2, 0.25) is 5.91 Å². The fourth-order valence-corrected chi connectivity index (χ4v) is 2.33. The molecule has 0 aliphatic rings. The summed E-state index contributed by atoms with van der Waals surface area (Å²) in [6.07, 6.45) is 2.54. The quantitative estimate of drug-likeness (QED) is 0.673. The molecule has 112 valence electrons. The Labute approximate surface area is 118 Å². The molecule has 0 radical (unpaired) electrons. The number of carbonyl (C=O) groups excluding carboxylic acids is 1. The average molecular weight is 283 g/mol. The lowest BCUT2D eigenvalue weighted by molar-refractivity contribution is -0.121. The highest BCUT2D eigenvalue weighted by atomic mass is 19.1. The molecule has 0 unspecified atom stereocenters. The SMILES string of the molecule is CCCC(O)(CCC)CC(=O)Nc1cc(F)ccc1O. The van der Waals surface area contributed by atoms with E-state index < -0.39 is 17.3 Å². The van der Waals surface area contributed by atoms with Crippen LogP contribution in [0.2, 0.25) is 0 Å². The summed E-state index contributed by atoms with van der Waals surface area (Å²) in [7, 11) is 0. The van der Waals surface area contributed by atoms with Crippen LogP contribution in [0.4, 0.5) is 10.1 Å². The van der Waals surface area contributed by atoms with Crippen molar-refractivity contribution in [2.75, 3.05) is 5.32 Å². The van der Waals surface area contributed by atoms with Crippen LogP contribution in [0.25, 0.3) is 0 Å². The van der Waals surface area contributed by atoms with Gasteiger partial charge in [-0.05, 0) is 25.0 Å². The van der Waals surface area contributed by atoms with Crippen molar-refractivity contribution in [1.29, 1.82) is 0 Å². The Morgan fingerprint density at radius 1 is 1.30 bits per heavy atom. The van der Waals surface area contributed by atoms with Gasteiger partial charge in [0.25, 0.3) is 0 Å². The van der Waals surface area contributed by atoms with E-state index in [9.17, 15) is 19.4 Å². The number of benzene rings is 1. The van der Waals surface area contributed by atoms with Gasteiger partial charge >= 0.3 is 0 Å². The summed E-state index contributed by atoms with van der Waals surface area (Å²) >= 11 is 0. The first kappa shape index (κ1) is 16.4. The largest absolute Gasteiger partial charge is 0.506 e. The Bertz CT molecular complexity index is 456. The smallest absolute Gasteiger partial charge is 0.227 e. The number of amides is 1. The van der Waals surface area contributed by atoms with E-state index in [0.29, 0.717) is 12.8 Å². The van der Waals surface area contributed by atoms with Gasteiger partial charge in [-0.25, -0.2) is 4.39 Å². The van der Waals surface area contributed by atoms with Gasteiger partial charge in [-0.2, -0.15) is 0 Å². The third-order valence-electron chi connectivity index (χ3n) is 3.15. The number of halogens is 1. The number of hydrogen-bond acceptors (Lipinski definition) is 3. The van der Waals surface area contributed by atoms with Crippen molar-refractivity contribution in [1.82, 2.24) is 0 Å². The summed E-state index contributed by atoms with van der Waals surface area (Å²) in [5.74, 6) is -1.18. The van der Waals surface area contributed by atoms with E-state index in [1.165, 1.54) is 6.07 Å². The third kappa shape index (κ3) is 4.81. The Hall–Kier alpha value is -1.62. The Balaban J connectivity index is 2.72. The minimum atomic E-state index is -1.05. The number of carbonyl (C=O) groups is 1. The molecule has 3 N–H and O–H groups in total. The van der Waals surface area contributed by atoms with Gasteiger partial charge in [0.15, 0.2) is 0 Å². The van der Waals surface area contributed by atoms with Crippen molar-refractivity contribution >= 4 is 11.6 Å². The second-order valence-electron chi connectivity index (χ2n) is 5.11. The number of phenolic OH excluding ortho intramolecular Hbond substituents is 1. The lowest BCUT2D eigenvalue weighted by Gasteiger charge is -2.26. The first-order valence-corrected chi connectivity index (χ1v) is 6.91. The molecule has 0 atom stereocenters. The molecule has 1 aromatic rings. The molecule has 0 aliphatic carbocycles. The molecule has 0 fully saturated rings. The van der Waals surface area contributed by atoms with Crippen LogP contribution >= 0.6 is 0 Å². The van der Waals surface area contributed by atoms with Crippen LogP contribution in [0.15, 0.2) is 18.2 Å². The second-order valence-corrected chi connectivity index (χ2v) is 5.11. The summed E-state index contributed by atoms with van der Waals surface area (Å²) in [6, 6.07) is 3.33.